The van der Waals surface area contributed by atoms with Crippen molar-refractivity contribution < 1.29 is 9.47 Å². The summed E-state index contributed by atoms with van der Waals surface area (Å²) in [5.41, 5.74) is 2.33. The Morgan fingerprint density at radius 1 is 1.21 bits per heavy atom. The molecule has 1 saturated heterocycles. The number of aryl methyl sites for hydroxylation is 1. The molecule has 6 nitrogen and oxygen atoms in total. The highest BCUT2D eigenvalue weighted by Gasteiger charge is 2.10. The number of nitrogens with one attached hydrogen (secondary N) is 2. The van der Waals surface area contributed by atoms with Crippen LogP contribution in [0.15, 0.2) is 23.2 Å². The van der Waals surface area contributed by atoms with E-state index in [4.69, 9.17) is 14.5 Å². The summed E-state index contributed by atoms with van der Waals surface area (Å²) in [7, 11) is 0. The molecule has 1 aliphatic heterocycles. The zero-order valence-corrected chi connectivity index (χ0v) is 18.8. The third-order valence-electron chi connectivity index (χ3n) is 5.17. The minimum Gasteiger partial charge on any atom is -0.490 e. The Morgan fingerprint density at radius 2 is 2.00 bits per heavy atom. The maximum Gasteiger partial charge on any atom is 0.191 e. The SMILES string of the molecule is CCNC(=NCc1ccc(C)cc1OC(C)CC)NCCCCN1CCOCC1. The molecule has 1 aromatic rings. The molecule has 2 N–H and O–H groups in total. The molecule has 2 rings (SSSR count). The van der Waals surface area contributed by atoms with Crippen LogP contribution in [0.25, 0.3) is 0 Å². The summed E-state index contributed by atoms with van der Waals surface area (Å²) in [6, 6.07) is 6.37. The van der Waals surface area contributed by atoms with Gasteiger partial charge in [0.1, 0.15) is 5.75 Å². The first-order valence-corrected chi connectivity index (χ1v) is 11.2. The number of benzene rings is 1. The van der Waals surface area contributed by atoms with Crippen molar-refractivity contribution in [3.05, 3.63) is 29.3 Å². The van der Waals surface area contributed by atoms with Crippen LogP contribution in [0.3, 0.4) is 0 Å². The van der Waals surface area contributed by atoms with Gasteiger partial charge in [-0.05, 0) is 58.2 Å². The first-order valence-electron chi connectivity index (χ1n) is 11.2. The molecule has 0 aliphatic carbocycles. The molecule has 1 aliphatic rings. The molecule has 1 atom stereocenters. The Kier molecular flexibility index (Phi) is 10.9. The lowest BCUT2D eigenvalue weighted by Gasteiger charge is -2.26. The van der Waals surface area contributed by atoms with E-state index < -0.39 is 0 Å². The summed E-state index contributed by atoms with van der Waals surface area (Å²) in [6.07, 6.45) is 3.52. The molecule has 0 bridgehead atoms. The van der Waals surface area contributed by atoms with E-state index in [-0.39, 0.29) is 6.10 Å². The van der Waals surface area contributed by atoms with Crippen molar-refractivity contribution in [1.82, 2.24) is 15.5 Å². The number of morpholine rings is 1. The third-order valence-corrected chi connectivity index (χ3v) is 5.17. The number of unbranched alkanes of at least 4 members (excludes halogenated alkanes) is 1. The van der Waals surface area contributed by atoms with E-state index in [0.29, 0.717) is 6.54 Å². The van der Waals surface area contributed by atoms with Gasteiger partial charge in [-0.25, -0.2) is 4.99 Å². The quantitative estimate of drug-likeness (QED) is 0.337. The molecule has 0 saturated carbocycles. The number of hydrogen-bond donors (Lipinski definition) is 2. The summed E-state index contributed by atoms with van der Waals surface area (Å²) < 4.78 is 11.5. The zero-order valence-electron chi connectivity index (χ0n) is 18.8. The normalized spacial score (nSPS) is 16.5. The second-order valence-corrected chi connectivity index (χ2v) is 7.73. The molecule has 0 radical (unpaired) electrons. The average molecular weight is 405 g/mol. The van der Waals surface area contributed by atoms with E-state index in [1.807, 2.05) is 0 Å². The lowest BCUT2D eigenvalue weighted by atomic mass is 10.1. The van der Waals surface area contributed by atoms with Crippen molar-refractivity contribution in [1.29, 1.82) is 0 Å². The fourth-order valence-electron chi connectivity index (χ4n) is 3.20. The summed E-state index contributed by atoms with van der Waals surface area (Å²) in [5.74, 6) is 1.82. The molecule has 0 spiro atoms. The maximum atomic E-state index is 6.11. The topological polar surface area (TPSA) is 58.1 Å². The van der Waals surface area contributed by atoms with E-state index in [9.17, 15) is 0 Å². The van der Waals surface area contributed by atoms with E-state index in [2.05, 4.69) is 61.4 Å². The number of hydrogen-bond acceptors (Lipinski definition) is 4. The molecule has 29 heavy (non-hydrogen) atoms. The van der Waals surface area contributed by atoms with E-state index in [1.54, 1.807) is 0 Å². The van der Waals surface area contributed by atoms with Crippen molar-refractivity contribution in [2.45, 2.75) is 59.6 Å². The molecular formula is C23H40N4O2. The van der Waals surface area contributed by atoms with Crippen LogP contribution in [0.2, 0.25) is 0 Å². The highest BCUT2D eigenvalue weighted by molar-refractivity contribution is 5.79. The van der Waals surface area contributed by atoms with Gasteiger partial charge in [0, 0.05) is 31.7 Å². The van der Waals surface area contributed by atoms with Gasteiger partial charge in [-0.3, -0.25) is 4.90 Å². The van der Waals surface area contributed by atoms with Crippen LogP contribution < -0.4 is 15.4 Å². The summed E-state index contributed by atoms with van der Waals surface area (Å²) >= 11 is 0. The predicted molar refractivity (Wildman–Crippen MR) is 121 cm³/mol. The van der Waals surface area contributed by atoms with E-state index in [1.165, 1.54) is 12.0 Å². The van der Waals surface area contributed by atoms with Crippen LogP contribution in [0.5, 0.6) is 5.75 Å². The van der Waals surface area contributed by atoms with Gasteiger partial charge in [-0.1, -0.05) is 19.1 Å². The molecule has 6 heteroatoms. The second-order valence-electron chi connectivity index (χ2n) is 7.73. The highest BCUT2D eigenvalue weighted by Crippen LogP contribution is 2.23. The zero-order chi connectivity index (χ0) is 20.9. The van der Waals surface area contributed by atoms with Crippen LogP contribution in [-0.4, -0.2) is 62.9 Å². The molecule has 164 valence electrons. The molecule has 1 fully saturated rings. The van der Waals surface area contributed by atoms with Gasteiger partial charge in [-0.2, -0.15) is 0 Å². The van der Waals surface area contributed by atoms with Crippen LogP contribution in [0, 0.1) is 6.92 Å². The van der Waals surface area contributed by atoms with Gasteiger partial charge >= 0.3 is 0 Å². The summed E-state index contributed by atoms with van der Waals surface area (Å²) in [6.45, 7) is 15.9. The average Bonchev–Trinajstić information content (AvgIpc) is 2.73. The van der Waals surface area contributed by atoms with Gasteiger partial charge < -0.3 is 20.1 Å². The van der Waals surface area contributed by atoms with Crippen LogP contribution in [0.4, 0.5) is 0 Å². The fraction of sp³-hybridized carbons (Fsp3) is 0.696. The first kappa shape index (κ1) is 23.5. The molecular weight excluding hydrogens is 364 g/mol. The van der Waals surface area contributed by atoms with Gasteiger partial charge in [0.25, 0.3) is 0 Å². The number of aliphatic imine (C=N–C) groups is 1. The molecule has 0 amide bonds. The Hall–Kier alpha value is -1.79. The summed E-state index contributed by atoms with van der Waals surface area (Å²) in [5, 5.41) is 6.81. The third kappa shape index (κ3) is 9.05. The standard InChI is InChI=1S/C23H40N4O2/c1-5-20(4)29-22-17-19(3)9-10-21(22)18-26-23(24-6-2)25-11-7-8-12-27-13-15-28-16-14-27/h9-10,17,20H,5-8,11-16,18H2,1-4H3,(H2,24,25,26). The number of ether oxygens (including phenoxy) is 2. The Balaban J connectivity index is 1.83. The monoisotopic (exact) mass is 404 g/mol. The van der Waals surface area contributed by atoms with Gasteiger partial charge in [0.15, 0.2) is 5.96 Å². The maximum absolute atomic E-state index is 6.11. The first-order chi connectivity index (χ1) is 14.1. The largest absolute Gasteiger partial charge is 0.490 e. The van der Waals surface area contributed by atoms with Crippen molar-refractivity contribution in [3.63, 3.8) is 0 Å². The van der Waals surface area contributed by atoms with Crippen molar-refractivity contribution >= 4 is 5.96 Å². The van der Waals surface area contributed by atoms with Gasteiger partial charge in [0.2, 0.25) is 0 Å². The predicted octanol–water partition coefficient (Wildman–Crippen LogP) is 3.34. The van der Waals surface area contributed by atoms with Crippen molar-refractivity contribution in [2.24, 2.45) is 4.99 Å². The van der Waals surface area contributed by atoms with E-state index in [0.717, 1.165) is 76.1 Å². The van der Waals surface area contributed by atoms with Gasteiger partial charge in [-0.15, -0.1) is 0 Å². The smallest absolute Gasteiger partial charge is 0.191 e. The minimum absolute atomic E-state index is 0.206. The number of nitrogens with zero attached hydrogens (tertiary/aromatic N) is 2. The molecule has 1 heterocycles. The van der Waals surface area contributed by atoms with Crippen LogP contribution in [-0.2, 0) is 11.3 Å². The van der Waals surface area contributed by atoms with Crippen molar-refractivity contribution in [2.75, 3.05) is 45.9 Å². The number of rotatable bonds is 11. The lowest BCUT2D eigenvalue weighted by Crippen LogP contribution is -2.39. The molecule has 1 unspecified atom stereocenters. The van der Waals surface area contributed by atoms with Gasteiger partial charge in [0.05, 0.1) is 25.9 Å². The highest BCUT2D eigenvalue weighted by atomic mass is 16.5. The molecule has 1 aromatic carbocycles. The van der Waals surface area contributed by atoms with Crippen LogP contribution >= 0.6 is 0 Å². The lowest BCUT2D eigenvalue weighted by molar-refractivity contribution is 0.0372. The Labute approximate surface area is 177 Å². The Morgan fingerprint density at radius 3 is 2.72 bits per heavy atom. The molecule has 0 aromatic heterocycles. The second kappa shape index (κ2) is 13.4. The summed E-state index contributed by atoms with van der Waals surface area (Å²) in [4.78, 5) is 7.27. The Bertz CT molecular complexity index is 615. The van der Waals surface area contributed by atoms with E-state index >= 15 is 0 Å². The fourth-order valence-corrected chi connectivity index (χ4v) is 3.20. The van der Waals surface area contributed by atoms with Crippen LogP contribution in [0.1, 0.15) is 51.2 Å². The van der Waals surface area contributed by atoms with Crippen molar-refractivity contribution in [3.8, 4) is 5.75 Å². The minimum atomic E-state index is 0.206. The number of guanidine groups is 1.